The van der Waals surface area contributed by atoms with Crippen LogP contribution in [0.3, 0.4) is 0 Å². The Labute approximate surface area is 217 Å². The molecule has 2 heterocycles. The lowest BCUT2D eigenvalue weighted by molar-refractivity contribution is 0.0743. The molecule has 37 heavy (non-hydrogen) atoms. The predicted octanol–water partition coefficient (Wildman–Crippen LogP) is 3.75. The number of benzene rings is 1. The standard InChI is InChI=1S/C28H34N4O5/c1-28(2)15-21-26(22(33)16-28)20(13-18-7-9-23(36-5)24(14-18)37-6)30-32(21)25-10-8-19(17-29-25)27(34)31(3)11-12-35-4/h7-10,14,17H,11-13,15-16H2,1-6H3. The Morgan fingerprint density at radius 3 is 2.49 bits per heavy atom. The summed E-state index contributed by atoms with van der Waals surface area (Å²) in [7, 11) is 6.52. The number of hydrogen-bond acceptors (Lipinski definition) is 7. The van der Waals surface area contributed by atoms with Gasteiger partial charge in [-0.05, 0) is 41.7 Å². The first-order valence-corrected chi connectivity index (χ1v) is 12.2. The van der Waals surface area contributed by atoms with E-state index in [2.05, 4.69) is 18.8 Å². The van der Waals surface area contributed by atoms with E-state index in [0.717, 1.165) is 11.3 Å². The lowest BCUT2D eigenvalue weighted by Gasteiger charge is -2.29. The van der Waals surface area contributed by atoms with Gasteiger partial charge in [0.1, 0.15) is 0 Å². The molecule has 1 aliphatic rings. The molecule has 0 fully saturated rings. The van der Waals surface area contributed by atoms with Crippen LogP contribution in [0.2, 0.25) is 0 Å². The van der Waals surface area contributed by atoms with Crippen LogP contribution < -0.4 is 9.47 Å². The van der Waals surface area contributed by atoms with Crippen molar-refractivity contribution in [2.75, 3.05) is 41.5 Å². The molecule has 1 aromatic carbocycles. The van der Waals surface area contributed by atoms with Gasteiger partial charge in [0.05, 0.1) is 43.3 Å². The molecule has 0 N–H and O–H groups in total. The van der Waals surface area contributed by atoms with E-state index in [4.69, 9.17) is 19.3 Å². The fraction of sp³-hybridized carbons (Fsp3) is 0.429. The first-order valence-electron chi connectivity index (χ1n) is 12.2. The van der Waals surface area contributed by atoms with Crippen molar-refractivity contribution in [3.05, 3.63) is 64.6 Å². The monoisotopic (exact) mass is 506 g/mol. The quantitative estimate of drug-likeness (QED) is 0.436. The highest BCUT2D eigenvalue weighted by Crippen LogP contribution is 2.38. The summed E-state index contributed by atoms with van der Waals surface area (Å²) in [6, 6.07) is 9.22. The van der Waals surface area contributed by atoms with Crippen LogP contribution >= 0.6 is 0 Å². The van der Waals surface area contributed by atoms with E-state index in [1.54, 1.807) is 56.3 Å². The van der Waals surface area contributed by atoms with Crippen molar-refractivity contribution in [1.29, 1.82) is 0 Å². The topological polar surface area (TPSA) is 95.8 Å². The van der Waals surface area contributed by atoms with Gasteiger partial charge in [0.15, 0.2) is 23.1 Å². The number of amides is 1. The molecule has 0 aliphatic heterocycles. The fourth-order valence-corrected chi connectivity index (χ4v) is 4.71. The van der Waals surface area contributed by atoms with Crippen LogP contribution in [0.5, 0.6) is 11.5 Å². The average Bonchev–Trinajstić information content (AvgIpc) is 3.23. The molecule has 0 radical (unpaired) electrons. The van der Waals surface area contributed by atoms with E-state index in [-0.39, 0.29) is 17.1 Å². The van der Waals surface area contributed by atoms with Gasteiger partial charge in [-0.2, -0.15) is 5.10 Å². The Morgan fingerprint density at radius 2 is 1.84 bits per heavy atom. The molecule has 2 aromatic heterocycles. The Morgan fingerprint density at radius 1 is 1.08 bits per heavy atom. The summed E-state index contributed by atoms with van der Waals surface area (Å²) in [5.41, 5.74) is 3.45. The second-order valence-corrected chi connectivity index (χ2v) is 10.1. The molecule has 0 bridgehead atoms. The molecule has 1 amide bonds. The summed E-state index contributed by atoms with van der Waals surface area (Å²) >= 11 is 0. The van der Waals surface area contributed by atoms with Crippen LogP contribution in [0.4, 0.5) is 0 Å². The zero-order chi connectivity index (χ0) is 26.7. The molecule has 0 atom stereocenters. The third kappa shape index (κ3) is 5.51. The van der Waals surface area contributed by atoms with Crippen molar-refractivity contribution in [2.45, 2.75) is 33.1 Å². The zero-order valence-corrected chi connectivity index (χ0v) is 22.3. The summed E-state index contributed by atoms with van der Waals surface area (Å²) in [5.74, 6) is 1.78. The predicted molar refractivity (Wildman–Crippen MR) is 139 cm³/mol. The van der Waals surface area contributed by atoms with Gasteiger partial charge in [-0.15, -0.1) is 0 Å². The minimum absolute atomic E-state index is 0.0829. The van der Waals surface area contributed by atoms with Gasteiger partial charge in [-0.3, -0.25) is 9.59 Å². The number of fused-ring (bicyclic) bond motifs is 1. The maximum atomic E-state index is 13.3. The normalized spacial score (nSPS) is 14.3. The van der Waals surface area contributed by atoms with Crippen LogP contribution in [0.15, 0.2) is 36.5 Å². The van der Waals surface area contributed by atoms with E-state index in [1.807, 2.05) is 18.2 Å². The molecule has 0 saturated carbocycles. The number of Topliss-reactive ketones (excluding diaryl/α,β-unsaturated/α-hetero) is 1. The maximum absolute atomic E-state index is 13.3. The Kier molecular flexibility index (Phi) is 7.63. The average molecular weight is 507 g/mol. The van der Waals surface area contributed by atoms with E-state index in [9.17, 15) is 9.59 Å². The van der Waals surface area contributed by atoms with Crippen LogP contribution in [-0.2, 0) is 17.6 Å². The summed E-state index contributed by atoms with van der Waals surface area (Å²) < 4.78 is 17.6. The van der Waals surface area contributed by atoms with E-state index in [0.29, 0.717) is 66.6 Å². The minimum Gasteiger partial charge on any atom is -0.493 e. The first kappa shape index (κ1) is 26.3. The highest BCUT2D eigenvalue weighted by atomic mass is 16.5. The highest BCUT2D eigenvalue weighted by molar-refractivity contribution is 6.00. The lowest BCUT2D eigenvalue weighted by atomic mass is 9.75. The number of methoxy groups -OCH3 is 3. The van der Waals surface area contributed by atoms with E-state index in [1.165, 1.54) is 0 Å². The number of carbonyl (C=O) groups is 2. The van der Waals surface area contributed by atoms with Gasteiger partial charge in [0.2, 0.25) is 0 Å². The number of nitrogens with zero attached hydrogens (tertiary/aromatic N) is 4. The fourth-order valence-electron chi connectivity index (χ4n) is 4.71. The second-order valence-electron chi connectivity index (χ2n) is 10.1. The van der Waals surface area contributed by atoms with Crippen molar-refractivity contribution >= 4 is 11.7 Å². The zero-order valence-electron chi connectivity index (χ0n) is 22.3. The second kappa shape index (κ2) is 10.7. The summed E-state index contributed by atoms with van der Waals surface area (Å²) in [6.07, 6.45) is 3.16. The van der Waals surface area contributed by atoms with Crippen molar-refractivity contribution in [2.24, 2.45) is 5.41 Å². The third-order valence-electron chi connectivity index (χ3n) is 6.63. The number of ketones is 1. The Balaban J connectivity index is 1.71. The lowest BCUT2D eigenvalue weighted by Crippen LogP contribution is -2.30. The van der Waals surface area contributed by atoms with Gasteiger partial charge in [0, 0.05) is 39.7 Å². The molecule has 9 nitrogen and oxygen atoms in total. The van der Waals surface area contributed by atoms with E-state index >= 15 is 0 Å². The number of aromatic nitrogens is 3. The molecule has 4 rings (SSSR count). The molecule has 196 valence electrons. The van der Waals surface area contributed by atoms with Gasteiger partial charge in [-0.25, -0.2) is 9.67 Å². The third-order valence-corrected chi connectivity index (χ3v) is 6.63. The number of pyridine rings is 1. The number of likely N-dealkylation sites (N-methyl/N-ethyl adjacent to an activating group) is 1. The number of hydrogen-bond donors (Lipinski definition) is 0. The number of carbonyl (C=O) groups excluding carboxylic acids is 2. The Hall–Kier alpha value is -3.72. The van der Waals surface area contributed by atoms with E-state index < -0.39 is 0 Å². The number of ether oxygens (including phenoxy) is 3. The summed E-state index contributed by atoms with van der Waals surface area (Å²) in [4.78, 5) is 32.2. The van der Waals surface area contributed by atoms with Crippen LogP contribution in [0.1, 0.15) is 57.9 Å². The highest BCUT2D eigenvalue weighted by Gasteiger charge is 2.37. The SMILES string of the molecule is COCCN(C)C(=O)c1ccc(-n2nc(Cc3ccc(OC)c(OC)c3)c3c2CC(C)(C)CC3=O)nc1. The van der Waals surface area contributed by atoms with Crippen molar-refractivity contribution < 1.29 is 23.8 Å². The van der Waals surface area contributed by atoms with Crippen LogP contribution in [0, 0.1) is 5.41 Å². The maximum Gasteiger partial charge on any atom is 0.255 e. The smallest absolute Gasteiger partial charge is 0.255 e. The number of rotatable bonds is 9. The van der Waals surface area contributed by atoms with Crippen LogP contribution in [-0.4, -0.2) is 72.9 Å². The molecule has 9 heteroatoms. The van der Waals surface area contributed by atoms with Gasteiger partial charge < -0.3 is 19.1 Å². The Bertz CT molecular complexity index is 1300. The molecular weight excluding hydrogens is 472 g/mol. The summed E-state index contributed by atoms with van der Waals surface area (Å²) in [5, 5.41) is 4.87. The van der Waals surface area contributed by atoms with Crippen molar-refractivity contribution in [1.82, 2.24) is 19.7 Å². The van der Waals surface area contributed by atoms with Gasteiger partial charge in [0.25, 0.3) is 5.91 Å². The van der Waals surface area contributed by atoms with Gasteiger partial charge >= 0.3 is 0 Å². The largest absolute Gasteiger partial charge is 0.493 e. The minimum atomic E-state index is -0.192. The molecular formula is C28H34N4O5. The van der Waals surface area contributed by atoms with Gasteiger partial charge in [-0.1, -0.05) is 19.9 Å². The summed E-state index contributed by atoms with van der Waals surface area (Å²) in [6.45, 7) is 5.12. The molecule has 3 aromatic rings. The van der Waals surface area contributed by atoms with Crippen LogP contribution in [0.25, 0.3) is 5.82 Å². The molecule has 1 aliphatic carbocycles. The molecule has 0 saturated heterocycles. The molecule has 0 unspecified atom stereocenters. The van der Waals surface area contributed by atoms with Crippen molar-refractivity contribution in [3.8, 4) is 17.3 Å². The first-order chi connectivity index (χ1) is 17.7. The van der Waals surface area contributed by atoms with Crippen molar-refractivity contribution in [3.63, 3.8) is 0 Å². The molecule has 0 spiro atoms.